The van der Waals surface area contributed by atoms with E-state index >= 15 is 0 Å². The van der Waals surface area contributed by atoms with Crippen molar-refractivity contribution >= 4 is 46.0 Å². The zero-order valence-corrected chi connectivity index (χ0v) is 18.8. The lowest BCUT2D eigenvalue weighted by Crippen LogP contribution is -2.25. The number of ether oxygens (including phenoxy) is 1. The maximum atomic E-state index is 13.7. The first kappa shape index (κ1) is 22.6. The third-order valence-corrected chi connectivity index (χ3v) is 6.27. The minimum Gasteiger partial charge on any atom is -0.481 e. The van der Waals surface area contributed by atoms with Crippen LogP contribution in [0.15, 0.2) is 59.6 Å². The van der Waals surface area contributed by atoms with Crippen LogP contribution in [0.4, 0.5) is 10.1 Å². The lowest BCUT2D eigenvalue weighted by atomic mass is 10.0. The first-order valence-corrected chi connectivity index (χ1v) is 11.2. The predicted molar refractivity (Wildman–Crippen MR) is 124 cm³/mol. The van der Waals surface area contributed by atoms with E-state index in [0.29, 0.717) is 17.1 Å². The van der Waals surface area contributed by atoms with Gasteiger partial charge in [0.2, 0.25) is 11.7 Å². The molecule has 3 aromatic rings. The number of aromatic nitrogens is 1. The molecule has 1 amide bonds. The fraction of sp³-hybridized carbons (Fsp3) is 0.0870. The third kappa shape index (κ3) is 4.94. The summed E-state index contributed by atoms with van der Waals surface area (Å²) in [5.74, 6) is -1.10. The molecule has 0 spiro atoms. The Morgan fingerprint density at radius 2 is 2.06 bits per heavy atom. The Morgan fingerprint density at radius 1 is 1.24 bits per heavy atom. The zero-order chi connectivity index (χ0) is 23.5. The highest BCUT2D eigenvalue weighted by Gasteiger charge is 2.28. The van der Waals surface area contributed by atoms with Crippen molar-refractivity contribution in [2.45, 2.75) is 6.54 Å². The number of benzene rings is 2. The van der Waals surface area contributed by atoms with E-state index in [-0.39, 0.29) is 27.6 Å². The van der Waals surface area contributed by atoms with Gasteiger partial charge in [0, 0.05) is 29.9 Å². The molecule has 7 nitrogen and oxygen atoms in total. The number of hydrogen-bond donors (Lipinski definition) is 2. The summed E-state index contributed by atoms with van der Waals surface area (Å²) >= 11 is 5.69. The number of allylic oxidation sites excluding steroid dienone is 1. The number of rotatable bonds is 5. The van der Waals surface area contributed by atoms with Crippen molar-refractivity contribution in [3.05, 3.63) is 92.7 Å². The number of carbonyl (C=O) groups excluding carboxylic acids is 2. The maximum absolute atomic E-state index is 13.7. The minimum absolute atomic E-state index is 0.0576. The third-order valence-electron chi connectivity index (χ3n) is 4.85. The number of ketones is 1. The summed E-state index contributed by atoms with van der Waals surface area (Å²) in [6.45, 7) is 0.233. The van der Waals surface area contributed by atoms with Gasteiger partial charge in [-0.3, -0.25) is 9.59 Å². The molecule has 168 valence electrons. The Bertz CT molecular complexity index is 1310. The largest absolute Gasteiger partial charge is 0.481 e. The summed E-state index contributed by atoms with van der Waals surface area (Å²) in [4.78, 5) is 29.7. The number of halogens is 2. The Balaban J connectivity index is 1.55. The molecule has 4 rings (SSSR count). The van der Waals surface area contributed by atoms with Crippen molar-refractivity contribution in [3.63, 3.8) is 0 Å². The van der Waals surface area contributed by atoms with Crippen molar-refractivity contribution in [1.29, 1.82) is 0 Å². The lowest BCUT2D eigenvalue weighted by Gasteiger charge is -2.19. The molecule has 1 aliphatic rings. The average molecular weight is 486 g/mol. The molecule has 2 heterocycles. The van der Waals surface area contributed by atoms with Crippen LogP contribution in [0.1, 0.15) is 31.8 Å². The first-order chi connectivity index (χ1) is 15.9. The highest BCUT2D eigenvalue weighted by molar-refractivity contribution is 7.91. The fourth-order valence-corrected chi connectivity index (χ4v) is 4.25. The van der Waals surface area contributed by atoms with E-state index in [1.165, 1.54) is 43.5 Å². The van der Waals surface area contributed by atoms with Gasteiger partial charge in [0.25, 0.3) is 5.91 Å². The van der Waals surface area contributed by atoms with Gasteiger partial charge in [-0.1, -0.05) is 23.7 Å². The van der Waals surface area contributed by atoms with Gasteiger partial charge >= 0.3 is 0 Å². The normalized spacial score (nSPS) is 16.2. The van der Waals surface area contributed by atoms with Crippen molar-refractivity contribution in [3.8, 4) is 5.88 Å². The molecule has 0 radical (unpaired) electrons. The van der Waals surface area contributed by atoms with Gasteiger partial charge in [0.1, 0.15) is 10.7 Å². The van der Waals surface area contributed by atoms with E-state index in [2.05, 4.69) is 15.0 Å². The minimum atomic E-state index is -1.84. The van der Waals surface area contributed by atoms with Crippen molar-refractivity contribution in [2.75, 3.05) is 11.8 Å². The molecule has 33 heavy (non-hydrogen) atoms. The molecule has 2 N–H and O–H groups in total. The smallest absolute Gasteiger partial charge is 0.251 e. The summed E-state index contributed by atoms with van der Waals surface area (Å²) in [6, 6.07) is 11.9. The molecule has 1 aromatic heterocycles. The summed E-state index contributed by atoms with van der Waals surface area (Å²) < 4.78 is 34.0. The summed E-state index contributed by atoms with van der Waals surface area (Å²) in [5.41, 5.74) is 1.90. The Hall–Kier alpha value is -3.56. The molecule has 1 unspecified atom stereocenters. The van der Waals surface area contributed by atoms with Crippen LogP contribution >= 0.6 is 11.6 Å². The van der Waals surface area contributed by atoms with E-state index in [4.69, 9.17) is 16.3 Å². The molecule has 0 fully saturated rings. The molecule has 1 aliphatic heterocycles. The summed E-state index contributed by atoms with van der Waals surface area (Å²) in [6.07, 6.45) is 2.92. The first-order valence-electron chi connectivity index (χ1n) is 9.67. The van der Waals surface area contributed by atoms with Gasteiger partial charge in [-0.05, 0) is 47.5 Å². The van der Waals surface area contributed by atoms with E-state index in [1.54, 1.807) is 18.3 Å². The Morgan fingerprint density at radius 3 is 2.76 bits per heavy atom. The van der Waals surface area contributed by atoms with Gasteiger partial charge in [0.05, 0.1) is 17.8 Å². The molecule has 0 saturated carbocycles. The predicted octanol–water partition coefficient (Wildman–Crippen LogP) is 4.13. The number of amides is 1. The number of pyridine rings is 1. The second-order valence-corrected chi connectivity index (χ2v) is 8.62. The molecule has 10 heteroatoms. The van der Waals surface area contributed by atoms with Crippen LogP contribution in [0.25, 0.3) is 6.08 Å². The highest BCUT2D eigenvalue weighted by atomic mass is 35.5. The number of nitrogens with zero attached hydrogens (tertiary/aromatic N) is 1. The summed E-state index contributed by atoms with van der Waals surface area (Å²) in [7, 11) is -0.328. The number of fused-ring (bicyclic) bond motifs is 1. The monoisotopic (exact) mass is 485 g/mol. The Labute approximate surface area is 196 Å². The van der Waals surface area contributed by atoms with Crippen LogP contribution in [0.3, 0.4) is 0 Å². The molecule has 1 atom stereocenters. The number of methoxy groups -OCH3 is 1. The number of anilines is 1. The number of hydrogen-bond acceptors (Lipinski definition) is 5. The SMILES string of the molecule is COc1ccc(CNC(=O)c2ccc3c(c2)C(=O)/C(=C/c2ccc(Cl)c(F)c2)S(=O)N3)cn1. The van der Waals surface area contributed by atoms with Crippen molar-refractivity contribution < 1.29 is 22.9 Å². The second kappa shape index (κ2) is 9.51. The highest BCUT2D eigenvalue weighted by Crippen LogP contribution is 2.30. The number of Topliss-reactive ketones (excluding diaryl/α,β-unsaturated/α-hetero) is 1. The molecular weight excluding hydrogens is 469 g/mol. The topological polar surface area (TPSA) is 97.4 Å². The fourth-order valence-electron chi connectivity index (χ4n) is 3.13. The van der Waals surface area contributed by atoms with Crippen LogP contribution in [-0.2, 0) is 17.5 Å². The van der Waals surface area contributed by atoms with Crippen molar-refractivity contribution in [2.24, 2.45) is 0 Å². The Kier molecular flexibility index (Phi) is 6.52. The van der Waals surface area contributed by atoms with E-state index in [0.717, 1.165) is 11.6 Å². The molecule has 0 aliphatic carbocycles. The standard InChI is InChI=1S/C23H17ClFN3O4S/c1-32-21-7-3-14(11-26-21)12-27-23(30)15-4-6-19-16(10-15)22(29)20(33(31)28-19)9-13-2-5-17(24)18(25)8-13/h2-11,28H,12H2,1H3,(H,27,30)/b20-9-. The lowest BCUT2D eigenvalue weighted by molar-refractivity contribution is 0.0951. The van der Waals surface area contributed by atoms with Gasteiger partial charge in [-0.2, -0.15) is 0 Å². The van der Waals surface area contributed by atoms with Gasteiger partial charge < -0.3 is 14.8 Å². The van der Waals surface area contributed by atoms with E-state index in [9.17, 15) is 18.2 Å². The van der Waals surface area contributed by atoms with Crippen LogP contribution < -0.4 is 14.8 Å². The quantitative estimate of drug-likeness (QED) is 0.530. The van der Waals surface area contributed by atoms with E-state index < -0.39 is 28.5 Å². The van der Waals surface area contributed by atoms with E-state index in [1.807, 2.05) is 0 Å². The molecule has 0 bridgehead atoms. The maximum Gasteiger partial charge on any atom is 0.251 e. The van der Waals surface area contributed by atoms with Gasteiger partial charge in [-0.15, -0.1) is 0 Å². The average Bonchev–Trinajstić information content (AvgIpc) is 2.82. The van der Waals surface area contributed by atoms with Crippen LogP contribution in [0.2, 0.25) is 5.02 Å². The molecular formula is C23H17ClFN3O4S. The molecule has 2 aromatic carbocycles. The molecule has 0 saturated heterocycles. The number of carbonyl (C=O) groups is 2. The zero-order valence-electron chi connectivity index (χ0n) is 17.2. The van der Waals surface area contributed by atoms with Crippen LogP contribution in [0.5, 0.6) is 5.88 Å². The van der Waals surface area contributed by atoms with Crippen LogP contribution in [0, 0.1) is 5.82 Å². The second-order valence-electron chi connectivity index (χ2n) is 7.03. The van der Waals surface area contributed by atoms with Gasteiger partial charge in [-0.25, -0.2) is 13.6 Å². The van der Waals surface area contributed by atoms with Crippen molar-refractivity contribution in [1.82, 2.24) is 10.3 Å². The summed E-state index contributed by atoms with van der Waals surface area (Å²) in [5, 5.41) is 2.71. The number of nitrogens with one attached hydrogen (secondary N) is 2. The van der Waals surface area contributed by atoms with Gasteiger partial charge in [0.15, 0.2) is 11.0 Å². The van der Waals surface area contributed by atoms with Crippen LogP contribution in [-0.4, -0.2) is 28.0 Å².